The van der Waals surface area contributed by atoms with Crippen molar-refractivity contribution in [1.29, 1.82) is 0 Å². The fourth-order valence-corrected chi connectivity index (χ4v) is 4.25. The molecule has 0 bridgehead atoms. The number of carbonyl (C=O) groups excluding carboxylic acids is 1. The second kappa shape index (κ2) is 10.5. The zero-order chi connectivity index (χ0) is 24.9. The van der Waals surface area contributed by atoms with Gasteiger partial charge in [0.05, 0.1) is 6.54 Å². The normalized spacial score (nSPS) is 13.4. The van der Waals surface area contributed by atoms with Crippen LogP contribution in [-0.2, 0) is 6.54 Å². The molecule has 2 aromatic carbocycles. The Morgan fingerprint density at radius 3 is 2.51 bits per heavy atom. The van der Waals surface area contributed by atoms with E-state index in [-0.39, 0.29) is 30.2 Å². The molecule has 1 heterocycles. The third-order valence-corrected chi connectivity index (χ3v) is 6.12. The van der Waals surface area contributed by atoms with E-state index >= 15 is 0 Å². The largest absolute Gasteiger partial charge is 0.383 e. The first-order chi connectivity index (χ1) is 16.8. The summed E-state index contributed by atoms with van der Waals surface area (Å²) in [4.78, 5) is 42.4. The maximum absolute atomic E-state index is 13.9. The van der Waals surface area contributed by atoms with E-state index in [0.29, 0.717) is 6.42 Å². The number of aromatic nitrogens is 2. The molecule has 0 spiro atoms. The number of allylic oxidation sites excluding steroid dienone is 1. The molecule has 1 aromatic heterocycles. The Morgan fingerprint density at radius 1 is 1.06 bits per heavy atom. The van der Waals surface area contributed by atoms with Gasteiger partial charge in [0.25, 0.3) is 11.5 Å². The van der Waals surface area contributed by atoms with E-state index in [0.717, 1.165) is 59.9 Å². The second-order valence-electron chi connectivity index (χ2n) is 8.51. The van der Waals surface area contributed by atoms with E-state index in [9.17, 15) is 23.2 Å². The van der Waals surface area contributed by atoms with Gasteiger partial charge in [0.15, 0.2) is 17.3 Å². The number of aromatic amines is 1. The number of hydrogen-bond donors (Lipinski definition) is 2. The lowest BCUT2D eigenvalue weighted by Crippen LogP contribution is -2.42. The summed E-state index contributed by atoms with van der Waals surface area (Å²) in [7, 11) is 0. The Bertz CT molecular complexity index is 1380. The molecule has 182 valence electrons. The summed E-state index contributed by atoms with van der Waals surface area (Å²) in [6.07, 6.45) is 6.55. The summed E-state index contributed by atoms with van der Waals surface area (Å²) < 4.78 is 28.6. The Morgan fingerprint density at radius 2 is 1.83 bits per heavy atom. The Hall–Kier alpha value is -4.01. The van der Waals surface area contributed by atoms with Gasteiger partial charge in [-0.2, -0.15) is 0 Å². The van der Waals surface area contributed by atoms with Crippen molar-refractivity contribution in [2.24, 2.45) is 0 Å². The second-order valence-corrected chi connectivity index (χ2v) is 8.51. The van der Waals surface area contributed by atoms with Crippen LogP contribution in [0.3, 0.4) is 0 Å². The van der Waals surface area contributed by atoms with Crippen LogP contribution in [0.2, 0.25) is 0 Å². The third-order valence-electron chi connectivity index (χ3n) is 6.12. The van der Waals surface area contributed by atoms with E-state index in [1.807, 2.05) is 6.07 Å². The zero-order valence-corrected chi connectivity index (χ0v) is 19.1. The number of amides is 1. The summed E-state index contributed by atoms with van der Waals surface area (Å²) in [6.45, 7) is 0.161. The van der Waals surface area contributed by atoms with Crippen LogP contribution in [0.25, 0.3) is 0 Å². The van der Waals surface area contributed by atoms with Crippen molar-refractivity contribution >= 4 is 17.4 Å². The summed E-state index contributed by atoms with van der Waals surface area (Å²) in [5.74, 6) is -3.17. The Balaban J connectivity index is 1.78. The van der Waals surface area contributed by atoms with Gasteiger partial charge in [-0.1, -0.05) is 42.0 Å². The standard InChI is InChI=1S/C26H26F2N4O3/c27-20-12-11-19(15-21(20)28)25(34)31(14-13-17-7-3-1-4-8-17)22-23(29)32(26(35)30-24(22)33)16-18-9-5-2-6-10-18/h2,5-7,9-12,15H,1,3-4,8,13-14,16,29H2,(H,30,33,35). The molecule has 9 heteroatoms. The van der Waals surface area contributed by atoms with Crippen LogP contribution >= 0.6 is 0 Å². The van der Waals surface area contributed by atoms with E-state index in [2.05, 4.69) is 11.1 Å². The number of nitrogens with zero attached hydrogens (tertiary/aromatic N) is 2. The lowest BCUT2D eigenvalue weighted by Gasteiger charge is -2.26. The summed E-state index contributed by atoms with van der Waals surface area (Å²) in [5, 5.41) is 0. The van der Waals surface area contributed by atoms with Crippen molar-refractivity contribution in [1.82, 2.24) is 9.55 Å². The Kier molecular flexibility index (Phi) is 7.24. The molecule has 35 heavy (non-hydrogen) atoms. The number of benzene rings is 2. The van der Waals surface area contributed by atoms with Crippen molar-refractivity contribution in [2.75, 3.05) is 17.2 Å². The monoisotopic (exact) mass is 480 g/mol. The highest BCUT2D eigenvalue weighted by molar-refractivity contribution is 6.07. The van der Waals surface area contributed by atoms with Gasteiger partial charge < -0.3 is 10.6 Å². The lowest BCUT2D eigenvalue weighted by molar-refractivity contribution is 0.0986. The van der Waals surface area contributed by atoms with Gasteiger partial charge in [0.2, 0.25) is 0 Å². The summed E-state index contributed by atoms with van der Waals surface area (Å²) in [6, 6.07) is 11.8. The zero-order valence-electron chi connectivity index (χ0n) is 19.1. The van der Waals surface area contributed by atoms with Gasteiger partial charge in [0.1, 0.15) is 5.82 Å². The molecular formula is C26H26F2N4O3. The van der Waals surface area contributed by atoms with Gasteiger partial charge in [-0.15, -0.1) is 0 Å². The Labute approximate surface area is 200 Å². The van der Waals surface area contributed by atoms with Gasteiger partial charge in [-0.25, -0.2) is 13.6 Å². The third kappa shape index (κ3) is 5.40. The van der Waals surface area contributed by atoms with Gasteiger partial charge >= 0.3 is 5.69 Å². The number of halogens is 2. The number of nitrogen functional groups attached to an aromatic ring is 1. The smallest absolute Gasteiger partial charge is 0.330 e. The lowest BCUT2D eigenvalue weighted by atomic mass is 9.97. The molecular weight excluding hydrogens is 454 g/mol. The first-order valence-electron chi connectivity index (χ1n) is 11.5. The van der Waals surface area contributed by atoms with E-state index in [1.54, 1.807) is 24.3 Å². The van der Waals surface area contributed by atoms with E-state index in [1.165, 1.54) is 4.57 Å². The van der Waals surface area contributed by atoms with Crippen LogP contribution in [0, 0.1) is 11.6 Å². The molecule has 1 amide bonds. The fraction of sp³-hybridized carbons (Fsp3) is 0.269. The van der Waals surface area contributed by atoms with Gasteiger partial charge in [-0.05, 0) is 55.9 Å². The number of carbonyl (C=O) groups is 1. The topological polar surface area (TPSA) is 101 Å². The van der Waals surface area contributed by atoms with Crippen molar-refractivity contribution in [3.8, 4) is 0 Å². The van der Waals surface area contributed by atoms with Gasteiger partial charge in [0, 0.05) is 12.1 Å². The minimum atomic E-state index is -1.18. The number of rotatable bonds is 7. The highest BCUT2D eigenvalue weighted by Crippen LogP contribution is 2.25. The number of nitrogens with two attached hydrogens (primary N) is 1. The van der Waals surface area contributed by atoms with Crippen LogP contribution < -0.4 is 21.9 Å². The minimum absolute atomic E-state index is 0.0770. The molecule has 7 nitrogen and oxygen atoms in total. The first kappa shape index (κ1) is 24.1. The molecule has 0 radical (unpaired) electrons. The van der Waals surface area contributed by atoms with Crippen molar-refractivity contribution < 1.29 is 13.6 Å². The molecule has 0 saturated carbocycles. The number of nitrogens with one attached hydrogen (secondary N) is 1. The van der Waals surface area contributed by atoms with E-state index in [4.69, 9.17) is 5.73 Å². The predicted molar refractivity (Wildman–Crippen MR) is 130 cm³/mol. The number of anilines is 2. The van der Waals surface area contributed by atoms with E-state index < -0.39 is 28.8 Å². The van der Waals surface area contributed by atoms with Crippen molar-refractivity contribution in [2.45, 2.75) is 38.6 Å². The fourth-order valence-electron chi connectivity index (χ4n) is 4.25. The maximum atomic E-state index is 13.9. The van der Waals surface area contributed by atoms with Gasteiger partial charge in [-0.3, -0.25) is 19.1 Å². The molecule has 4 rings (SSSR count). The molecule has 3 aromatic rings. The molecule has 0 aliphatic heterocycles. The quantitative estimate of drug-likeness (QED) is 0.500. The molecule has 0 atom stereocenters. The predicted octanol–water partition coefficient (Wildman–Crippen LogP) is 3.98. The number of hydrogen-bond acceptors (Lipinski definition) is 4. The highest BCUT2D eigenvalue weighted by atomic mass is 19.2. The average Bonchev–Trinajstić information content (AvgIpc) is 2.86. The van der Waals surface area contributed by atoms with Crippen LogP contribution in [0.1, 0.15) is 48.0 Å². The molecule has 1 aliphatic rings. The number of H-pyrrole nitrogens is 1. The van der Waals surface area contributed by atoms with Crippen molar-refractivity contribution in [3.63, 3.8) is 0 Å². The van der Waals surface area contributed by atoms with Crippen LogP contribution in [0.4, 0.5) is 20.3 Å². The van der Waals surface area contributed by atoms with Crippen LogP contribution in [0.5, 0.6) is 0 Å². The average molecular weight is 481 g/mol. The summed E-state index contributed by atoms with van der Waals surface area (Å²) >= 11 is 0. The maximum Gasteiger partial charge on any atom is 0.330 e. The van der Waals surface area contributed by atoms with Crippen LogP contribution in [-0.4, -0.2) is 22.0 Å². The molecule has 0 saturated heterocycles. The highest BCUT2D eigenvalue weighted by Gasteiger charge is 2.26. The minimum Gasteiger partial charge on any atom is -0.383 e. The molecule has 1 aliphatic carbocycles. The molecule has 0 fully saturated rings. The molecule has 0 unspecified atom stereocenters. The molecule has 3 N–H and O–H groups in total. The first-order valence-corrected chi connectivity index (χ1v) is 11.5. The van der Waals surface area contributed by atoms with Crippen molar-refractivity contribution in [3.05, 3.63) is 104 Å². The SMILES string of the molecule is Nc1c(N(CCC2=CCCCC2)C(=O)c2ccc(F)c(F)c2)c(=O)[nH]c(=O)n1Cc1ccccc1. The summed E-state index contributed by atoms with van der Waals surface area (Å²) in [5.41, 5.74) is 6.35. The van der Waals surface area contributed by atoms with Crippen LogP contribution in [0.15, 0.2) is 69.8 Å².